The normalized spacial score (nSPS) is 10.6. The highest BCUT2D eigenvalue weighted by atomic mass is 16.4. The topological polar surface area (TPSA) is 79.1 Å². The van der Waals surface area contributed by atoms with Gasteiger partial charge in [0.15, 0.2) is 5.78 Å². The molecule has 0 aromatic heterocycles. The van der Waals surface area contributed by atoms with Gasteiger partial charge in [0, 0.05) is 5.56 Å². The highest BCUT2D eigenvalue weighted by molar-refractivity contribution is 6.05. The van der Waals surface area contributed by atoms with Crippen LogP contribution in [0, 0.1) is 0 Å². The first kappa shape index (κ1) is 13.6. The van der Waals surface area contributed by atoms with Crippen LogP contribution in [0.15, 0.2) is 64.8 Å². The summed E-state index contributed by atoms with van der Waals surface area (Å²) in [6.45, 7) is 0. The minimum atomic E-state index is -1.14. The number of rotatable bonds is 5. The van der Waals surface area contributed by atoms with Gasteiger partial charge in [0.25, 0.3) is 0 Å². The van der Waals surface area contributed by atoms with E-state index < -0.39 is 18.2 Å². The number of carbonyl (C=O) groups excluding carboxylic acids is 1. The van der Waals surface area contributed by atoms with E-state index in [2.05, 4.69) is 10.2 Å². The highest BCUT2D eigenvalue weighted by Crippen LogP contribution is 2.18. The van der Waals surface area contributed by atoms with E-state index in [9.17, 15) is 9.59 Å². The Hall–Kier alpha value is -2.82. The fourth-order valence-corrected chi connectivity index (χ4v) is 1.56. The standard InChI is InChI=1S/C15H12N2O3/c18-14(10-15(19)20)11-6-8-13(9-7-11)17-16-12-4-2-1-3-5-12/h1-9H,10H2,(H,19,20). The number of carboxylic acid groups (broad SMARTS) is 1. The van der Waals surface area contributed by atoms with Gasteiger partial charge in [-0.25, -0.2) is 0 Å². The largest absolute Gasteiger partial charge is 0.481 e. The first-order valence-electron chi connectivity index (χ1n) is 5.97. The van der Waals surface area contributed by atoms with Gasteiger partial charge in [0.05, 0.1) is 11.4 Å². The quantitative estimate of drug-likeness (QED) is 0.509. The molecule has 0 heterocycles. The van der Waals surface area contributed by atoms with E-state index in [4.69, 9.17) is 5.11 Å². The van der Waals surface area contributed by atoms with Crippen molar-refractivity contribution in [3.8, 4) is 0 Å². The predicted molar refractivity (Wildman–Crippen MR) is 73.6 cm³/mol. The van der Waals surface area contributed by atoms with Gasteiger partial charge in [0.2, 0.25) is 0 Å². The SMILES string of the molecule is O=C(O)CC(=O)c1ccc(N=Nc2ccccc2)cc1. The van der Waals surface area contributed by atoms with E-state index in [1.807, 2.05) is 30.3 Å². The van der Waals surface area contributed by atoms with E-state index in [-0.39, 0.29) is 0 Å². The lowest BCUT2D eigenvalue weighted by Crippen LogP contribution is -2.06. The molecule has 0 bridgehead atoms. The van der Waals surface area contributed by atoms with Gasteiger partial charge in [-0.05, 0) is 36.4 Å². The monoisotopic (exact) mass is 268 g/mol. The van der Waals surface area contributed by atoms with Crippen molar-refractivity contribution in [3.63, 3.8) is 0 Å². The fraction of sp³-hybridized carbons (Fsp3) is 0.0667. The molecule has 2 rings (SSSR count). The average Bonchev–Trinajstić information content (AvgIpc) is 2.46. The Morgan fingerprint density at radius 2 is 1.40 bits per heavy atom. The fourth-order valence-electron chi connectivity index (χ4n) is 1.56. The second-order valence-electron chi connectivity index (χ2n) is 4.08. The number of aliphatic carboxylic acids is 1. The third-order valence-electron chi connectivity index (χ3n) is 2.54. The third kappa shape index (κ3) is 3.84. The molecule has 0 fully saturated rings. The minimum Gasteiger partial charge on any atom is -0.481 e. The van der Waals surface area contributed by atoms with Crippen LogP contribution in [-0.2, 0) is 4.79 Å². The lowest BCUT2D eigenvalue weighted by Gasteiger charge is -1.98. The van der Waals surface area contributed by atoms with Gasteiger partial charge < -0.3 is 5.11 Å². The number of carboxylic acids is 1. The van der Waals surface area contributed by atoms with E-state index in [0.717, 1.165) is 5.69 Å². The minimum absolute atomic E-state index is 0.353. The zero-order valence-electron chi connectivity index (χ0n) is 10.6. The Balaban J connectivity index is 2.07. The maximum Gasteiger partial charge on any atom is 0.311 e. The molecular weight excluding hydrogens is 256 g/mol. The smallest absolute Gasteiger partial charge is 0.311 e. The molecule has 5 nitrogen and oxygen atoms in total. The van der Waals surface area contributed by atoms with E-state index in [1.165, 1.54) is 0 Å². The lowest BCUT2D eigenvalue weighted by atomic mass is 10.1. The molecule has 0 atom stereocenters. The summed E-state index contributed by atoms with van der Waals surface area (Å²) < 4.78 is 0. The Kier molecular flexibility index (Phi) is 4.34. The summed E-state index contributed by atoms with van der Waals surface area (Å²) in [6.07, 6.45) is -0.509. The number of Topliss-reactive ketones (excluding diaryl/α,β-unsaturated/α-hetero) is 1. The van der Waals surface area contributed by atoms with Crippen LogP contribution in [0.4, 0.5) is 11.4 Å². The van der Waals surface area contributed by atoms with Crippen molar-refractivity contribution in [2.75, 3.05) is 0 Å². The van der Waals surface area contributed by atoms with Gasteiger partial charge in [-0.1, -0.05) is 18.2 Å². The van der Waals surface area contributed by atoms with Crippen LogP contribution < -0.4 is 0 Å². The number of hydrogen-bond donors (Lipinski definition) is 1. The lowest BCUT2D eigenvalue weighted by molar-refractivity contribution is -0.135. The highest BCUT2D eigenvalue weighted by Gasteiger charge is 2.09. The molecular formula is C15H12N2O3. The zero-order valence-corrected chi connectivity index (χ0v) is 10.6. The average molecular weight is 268 g/mol. The van der Waals surface area contributed by atoms with Crippen LogP contribution >= 0.6 is 0 Å². The molecule has 0 aliphatic carbocycles. The van der Waals surface area contributed by atoms with Crippen molar-refractivity contribution in [3.05, 3.63) is 60.2 Å². The molecule has 1 N–H and O–H groups in total. The van der Waals surface area contributed by atoms with Crippen molar-refractivity contribution in [2.45, 2.75) is 6.42 Å². The summed E-state index contributed by atoms with van der Waals surface area (Å²) in [6, 6.07) is 15.6. The summed E-state index contributed by atoms with van der Waals surface area (Å²) in [7, 11) is 0. The van der Waals surface area contributed by atoms with Crippen LogP contribution in [0.5, 0.6) is 0 Å². The third-order valence-corrected chi connectivity index (χ3v) is 2.54. The van der Waals surface area contributed by atoms with Crippen molar-refractivity contribution in [1.82, 2.24) is 0 Å². The summed E-state index contributed by atoms with van der Waals surface area (Å²) in [5.41, 5.74) is 1.69. The molecule has 20 heavy (non-hydrogen) atoms. The van der Waals surface area contributed by atoms with Gasteiger partial charge in [0.1, 0.15) is 6.42 Å². The molecule has 5 heteroatoms. The van der Waals surface area contributed by atoms with Crippen LogP contribution in [0.1, 0.15) is 16.8 Å². The number of hydrogen-bond acceptors (Lipinski definition) is 4. The number of nitrogens with zero attached hydrogens (tertiary/aromatic N) is 2. The second kappa shape index (κ2) is 6.38. The molecule has 0 saturated carbocycles. The van der Waals surface area contributed by atoms with E-state index in [1.54, 1.807) is 24.3 Å². The van der Waals surface area contributed by atoms with Crippen molar-refractivity contribution in [1.29, 1.82) is 0 Å². The summed E-state index contributed by atoms with van der Waals surface area (Å²) in [5.74, 6) is -1.56. The first-order valence-corrected chi connectivity index (χ1v) is 5.97. The van der Waals surface area contributed by atoms with Gasteiger partial charge in [-0.2, -0.15) is 10.2 Å². The number of carbonyl (C=O) groups is 2. The molecule has 0 unspecified atom stereocenters. The molecule has 0 aliphatic rings. The Labute approximate surface area is 115 Å². The van der Waals surface area contributed by atoms with Crippen LogP contribution in [-0.4, -0.2) is 16.9 Å². The number of azo groups is 1. The maximum absolute atomic E-state index is 11.5. The van der Waals surface area contributed by atoms with Crippen molar-refractivity contribution >= 4 is 23.1 Å². The predicted octanol–water partition coefficient (Wildman–Crippen LogP) is 3.76. The van der Waals surface area contributed by atoms with Crippen molar-refractivity contribution < 1.29 is 14.7 Å². The number of benzene rings is 2. The summed E-state index contributed by atoms with van der Waals surface area (Å²) in [4.78, 5) is 22.0. The molecule has 100 valence electrons. The molecule has 2 aromatic carbocycles. The second-order valence-corrected chi connectivity index (χ2v) is 4.08. The van der Waals surface area contributed by atoms with Crippen molar-refractivity contribution in [2.24, 2.45) is 10.2 Å². The molecule has 0 radical (unpaired) electrons. The molecule has 2 aromatic rings. The van der Waals surface area contributed by atoms with Gasteiger partial charge >= 0.3 is 5.97 Å². The Morgan fingerprint density at radius 1 is 0.850 bits per heavy atom. The Bertz CT molecular complexity index is 634. The number of ketones is 1. The molecule has 0 saturated heterocycles. The maximum atomic E-state index is 11.5. The molecule has 0 amide bonds. The molecule has 0 spiro atoms. The van der Waals surface area contributed by atoms with Crippen LogP contribution in [0.2, 0.25) is 0 Å². The van der Waals surface area contributed by atoms with E-state index in [0.29, 0.717) is 11.3 Å². The van der Waals surface area contributed by atoms with Crippen LogP contribution in [0.25, 0.3) is 0 Å². The summed E-state index contributed by atoms with van der Waals surface area (Å²) >= 11 is 0. The van der Waals surface area contributed by atoms with Gasteiger partial charge in [-0.3, -0.25) is 9.59 Å². The van der Waals surface area contributed by atoms with Crippen LogP contribution in [0.3, 0.4) is 0 Å². The Morgan fingerprint density at radius 3 is 1.95 bits per heavy atom. The van der Waals surface area contributed by atoms with E-state index >= 15 is 0 Å². The summed E-state index contributed by atoms with van der Waals surface area (Å²) in [5, 5.41) is 16.6. The zero-order chi connectivity index (χ0) is 14.4. The first-order chi connectivity index (χ1) is 9.65. The van der Waals surface area contributed by atoms with Gasteiger partial charge in [-0.15, -0.1) is 0 Å². The molecule has 0 aliphatic heterocycles.